The molecule has 0 radical (unpaired) electrons. The minimum absolute atomic E-state index is 0.0843. The molecule has 0 aliphatic heterocycles. The van der Waals surface area contributed by atoms with Gasteiger partial charge >= 0.3 is 5.97 Å². The van der Waals surface area contributed by atoms with Crippen LogP contribution in [0.25, 0.3) is 0 Å². The van der Waals surface area contributed by atoms with Crippen LogP contribution >= 0.6 is 43.2 Å². The maximum absolute atomic E-state index is 13.0. The molecule has 1 amide bonds. The van der Waals surface area contributed by atoms with E-state index in [1.165, 1.54) is 21.8 Å². The molecule has 2 atom stereocenters. The number of hydrogen-bond acceptors (Lipinski definition) is 4. The standard InChI is InChI=1S/C23H25Br2NO3S/c1-3-11-29-20(27)18-16-10-9-15(14-7-5-4-6-8-14)12-17(16)30-19(18)26-21(28)22(2)13-23(22,24)25/h4-8,15H,3,9-13H2,1-2H3,(H,26,28)/t15-,22-/m1/s1. The van der Waals surface area contributed by atoms with Gasteiger partial charge in [0.25, 0.3) is 0 Å². The third-order valence-electron chi connectivity index (χ3n) is 6.16. The van der Waals surface area contributed by atoms with Crippen molar-refractivity contribution in [3.05, 3.63) is 51.9 Å². The molecule has 1 saturated carbocycles. The van der Waals surface area contributed by atoms with E-state index in [2.05, 4.69) is 61.4 Å². The largest absolute Gasteiger partial charge is 0.462 e. The first-order valence-corrected chi connectivity index (χ1v) is 12.7. The molecule has 0 unspecified atom stereocenters. The van der Waals surface area contributed by atoms with Crippen molar-refractivity contribution in [3.8, 4) is 0 Å². The maximum atomic E-state index is 13.0. The smallest absolute Gasteiger partial charge is 0.341 e. The molecule has 1 aromatic carbocycles. The Morgan fingerprint density at radius 1 is 1.27 bits per heavy atom. The number of halogens is 2. The third kappa shape index (κ3) is 4.00. The number of hydrogen-bond donors (Lipinski definition) is 1. The molecule has 7 heteroatoms. The number of benzene rings is 1. The lowest BCUT2D eigenvalue weighted by molar-refractivity contribution is -0.120. The SMILES string of the molecule is CCCOC(=O)c1c(NC(=O)[C@@]2(C)CC2(Br)Br)sc2c1CC[C@@H](c1ccccc1)C2. The fourth-order valence-corrected chi connectivity index (χ4v) is 6.85. The molecular formula is C23H25Br2NO3S. The molecule has 1 N–H and O–H groups in total. The number of nitrogens with one attached hydrogen (secondary N) is 1. The molecule has 1 fully saturated rings. The van der Waals surface area contributed by atoms with Crippen LogP contribution in [0.5, 0.6) is 0 Å². The zero-order valence-electron chi connectivity index (χ0n) is 17.1. The number of carbonyl (C=O) groups excluding carboxylic acids is 2. The van der Waals surface area contributed by atoms with Crippen LogP contribution in [0, 0.1) is 5.41 Å². The third-order valence-corrected chi connectivity index (χ3v) is 9.64. The van der Waals surface area contributed by atoms with Gasteiger partial charge in [-0.3, -0.25) is 4.79 Å². The Kier molecular flexibility index (Phi) is 6.17. The second-order valence-corrected chi connectivity index (χ2v) is 13.2. The number of fused-ring (bicyclic) bond motifs is 1. The van der Waals surface area contributed by atoms with Crippen molar-refractivity contribution < 1.29 is 14.3 Å². The summed E-state index contributed by atoms with van der Waals surface area (Å²) in [5.74, 6) is 0.0193. The molecule has 4 rings (SSSR count). The molecule has 2 aromatic rings. The van der Waals surface area contributed by atoms with E-state index < -0.39 is 5.41 Å². The minimum atomic E-state index is -0.547. The van der Waals surface area contributed by atoms with Crippen LogP contribution in [-0.4, -0.2) is 21.7 Å². The molecule has 0 saturated heterocycles. The summed E-state index contributed by atoms with van der Waals surface area (Å²) >= 11 is 8.66. The van der Waals surface area contributed by atoms with Gasteiger partial charge in [-0.1, -0.05) is 69.1 Å². The van der Waals surface area contributed by atoms with E-state index in [4.69, 9.17) is 4.74 Å². The number of ether oxygens (including phenoxy) is 1. The van der Waals surface area contributed by atoms with Gasteiger partial charge in [0.1, 0.15) is 5.00 Å². The summed E-state index contributed by atoms with van der Waals surface area (Å²) in [4.78, 5) is 27.1. The van der Waals surface area contributed by atoms with Crippen LogP contribution in [0.2, 0.25) is 0 Å². The van der Waals surface area contributed by atoms with E-state index in [1.54, 1.807) is 0 Å². The number of esters is 1. The van der Waals surface area contributed by atoms with Gasteiger partial charge in [-0.2, -0.15) is 0 Å². The number of rotatable bonds is 6. The first-order valence-electron chi connectivity index (χ1n) is 10.3. The van der Waals surface area contributed by atoms with Crippen LogP contribution in [0.1, 0.15) is 65.4 Å². The first kappa shape index (κ1) is 22.0. The summed E-state index contributed by atoms with van der Waals surface area (Å²) in [5, 5.41) is 3.68. The first-order chi connectivity index (χ1) is 14.3. The Hall–Kier alpha value is -1.18. The minimum Gasteiger partial charge on any atom is -0.462 e. The lowest BCUT2D eigenvalue weighted by atomic mass is 9.83. The second-order valence-electron chi connectivity index (χ2n) is 8.36. The Balaban J connectivity index is 1.63. The molecule has 4 nitrogen and oxygen atoms in total. The highest BCUT2D eigenvalue weighted by molar-refractivity contribution is 9.25. The topological polar surface area (TPSA) is 55.4 Å². The van der Waals surface area contributed by atoms with Gasteiger partial charge in [-0.05, 0) is 56.1 Å². The molecule has 1 heterocycles. The molecule has 2 aliphatic rings. The zero-order valence-corrected chi connectivity index (χ0v) is 21.1. The highest BCUT2D eigenvalue weighted by atomic mass is 79.9. The van der Waals surface area contributed by atoms with Crippen LogP contribution in [-0.2, 0) is 22.4 Å². The summed E-state index contributed by atoms with van der Waals surface area (Å²) in [6.45, 7) is 4.27. The van der Waals surface area contributed by atoms with Crippen molar-refractivity contribution >= 4 is 60.1 Å². The van der Waals surface area contributed by atoms with Crippen LogP contribution in [0.15, 0.2) is 30.3 Å². The highest BCUT2D eigenvalue weighted by Crippen LogP contribution is 2.66. The summed E-state index contributed by atoms with van der Waals surface area (Å²) in [5.41, 5.74) is 2.39. The normalized spacial score (nSPS) is 24.1. The van der Waals surface area contributed by atoms with E-state index in [9.17, 15) is 9.59 Å². The molecule has 30 heavy (non-hydrogen) atoms. The fraction of sp³-hybridized carbons (Fsp3) is 0.478. The van der Waals surface area contributed by atoms with E-state index in [-0.39, 0.29) is 15.1 Å². The molecule has 2 aliphatic carbocycles. The van der Waals surface area contributed by atoms with E-state index >= 15 is 0 Å². The number of anilines is 1. The van der Waals surface area contributed by atoms with Crippen LogP contribution in [0.4, 0.5) is 5.00 Å². The average Bonchev–Trinajstić information content (AvgIpc) is 3.07. The summed E-state index contributed by atoms with van der Waals surface area (Å²) in [7, 11) is 0. The monoisotopic (exact) mass is 553 g/mol. The summed E-state index contributed by atoms with van der Waals surface area (Å²) in [6.07, 6.45) is 4.15. The van der Waals surface area contributed by atoms with Crippen molar-refractivity contribution in [3.63, 3.8) is 0 Å². The van der Waals surface area contributed by atoms with Gasteiger partial charge in [0.2, 0.25) is 5.91 Å². The lowest BCUT2D eigenvalue weighted by Gasteiger charge is -2.23. The van der Waals surface area contributed by atoms with Gasteiger partial charge in [-0.15, -0.1) is 11.3 Å². The Morgan fingerprint density at radius 3 is 2.60 bits per heavy atom. The predicted molar refractivity (Wildman–Crippen MR) is 128 cm³/mol. The Morgan fingerprint density at radius 2 is 1.97 bits per heavy atom. The van der Waals surface area contributed by atoms with Crippen molar-refractivity contribution in [1.29, 1.82) is 0 Å². The maximum Gasteiger partial charge on any atom is 0.341 e. The van der Waals surface area contributed by atoms with Crippen molar-refractivity contribution in [2.75, 3.05) is 11.9 Å². The number of thiophene rings is 1. The van der Waals surface area contributed by atoms with Gasteiger partial charge < -0.3 is 10.1 Å². The van der Waals surface area contributed by atoms with Crippen molar-refractivity contribution in [1.82, 2.24) is 0 Å². The highest BCUT2D eigenvalue weighted by Gasteiger charge is 2.66. The van der Waals surface area contributed by atoms with Gasteiger partial charge in [0, 0.05) is 4.88 Å². The van der Waals surface area contributed by atoms with E-state index in [0.29, 0.717) is 29.5 Å². The summed E-state index contributed by atoms with van der Waals surface area (Å²) < 4.78 is 5.10. The second kappa shape index (κ2) is 8.40. The molecule has 0 bridgehead atoms. The van der Waals surface area contributed by atoms with E-state index in [1.807, 2.05) is 19.9 Å². The molecule has 1 aromatic heterocycles. The van der Waals surface area contributed by atoms with Crippen molar-refractivity contribution in [2.24, 2.45) is 5.41 Å². The Bertz CT molecular complexity index is 972. The van der Waals surface area contributed by atoms with Gasteiger partial charge in [-0.25, -0.2) is 4.79 Å². The quantitative estimate of drug-likeness (QED) is 0.331. The number of amides is 1. The van der Waals surface area contributed by atoms with Crippen molar-refractivity contribution in [2.45, 2.75) is 55.1 Å². The molecular weight excluding hydrogens is 530 g/mol. The fourth-order valence-electron chi connectivity index (χ4n) is 4.05. The summed E-state index contributed by atoms with van der Waals surface area (Å²) in [6, 6.07) is 10.5. The van der Waals surface area contributed by atoms with E-state index in [0.717, 1.165) is 31.2 Å². The zero-order chi connectivity index (χ0) is 21.5. The lowest BCUT2D eigenvalue weighted by Crippen LogP contribution is -2.26. The molecule has 160 valence electrons. The predicted octanol–water partition coefficient (Wildman–Crippen LogP) is 6.42. The number of alkyl halides is 2. The van der Waals surface area contributed by atoms with Crippen LogP contribution < -0.4 is 5.32 Å². The number of carbonyl (C=O) groups is 2. The van der Waals surface area contributed by atoms with Crippen LogP contribution in [0.3, 0.4) is 0 Å². The Labute approximate surface area is 198 Å². The van der Waals surface area contributed by atoms with Gasteiger partial charge in [0.05, 0.1) is 20.8 Å². The molecule has 0 spiro atoms. The average molecular weight is 555 g/mol. The van der Waals surface area contributed by atoms with Gasteiger partial charge in [0.15, 0.2) is 0 Å².